The quantitative estimate of drug-likeness (QED) is 0.437. The predicted octanol–water partition coefficient (Wildman–Crippen LogP) is 5.32. The highest BCUT2D eigenvalue weighted by Gasteiger charge is 2.23. The molecule has 1 aromatic heterocycles. The molecule has 0 unspecified atom stereocenters. The molecule has 1 aliphatic heterocycles. The maximum Gasteiger partial charge on any atom is 0.233 e. The molecule has 0 atom stereocenters. The Labute approximate surface area is 201 Å². The van der Waals surface area contributed by atoms with Crippen molar-refractivity contribution in [2.75, 3.05) is 32.1 Å². The van der Waals surface area contributed by atoms with Gasteiger partial charge in [-0.05, 0) is 35.7 Å². The summed E-state index contributed by atoms with van der Waals surface area (Å²) in [6, 6.07) is 13.5. The van der Waals surface area contributed by atoms with Crippen LogP contribution in [0, 0.1) is 0 Å². The number of ether oxygens (including phenoxy) is 1. The van der Waals surface area contributed by atoms with Gasteiger partial charge in [0.05, 0.1) is 29.7 Å². The SMILES string of the molecule is CC(C)c1ccccc1-n1c(SCC(=O)N2CCOCC2)nnc1-c1ccc(Cl)cc1Cl. The van der Waals surface area contributed by atoms with Gasteiger partial charge in [0.25, 0.3) is 0 Å². The number of thioether (sulfide) groups is 1. The van der Waals surface area contributed by atoms with Crippen LogP contribution in [0.3, 0.4) is 0 Å². The summed E-state index contributed by atoms with van der Waals surface area (Å²) in [6.07, 6.45) is 0. The van der Waals surface area contributed by atoms with Crippen LogP contribution < -0.4 is 0 Å². The molecule has 0 aliphatic carbocycles. The molecule has 0 radical (unpaired) electrons. The Kier molecular flexibility index (Phi) is 7.40. The van der Waals surface area contributed by atoms with Crippen molar-refractivity contribution in [1.29, 1.82) is 0 Å². The van der Waals surface area contributed by atoms with E-state index < -0.39 is 0 Å². The standard InChI is InChI=1S/C23H24Cl2N4O2S/c1-15(2)17-5-3-4-6-20(17)29-22(18-8-7-16(24)13-19(18)25)26-27-23(29)32-14-21(30)28-9-11-31-12-10-28/h3-8,13,15H,9-12,14H2,1-2H3. The van der Waals surface area contributed by atoms with Gasteiger partial charge in [-0.2, -0.15) is 0 Å². The maximum absolute atomic E-state index is 12.7. The average molecular weight is 491 g/mol. The van der Waals surface area contributed by atoms with Crippen LogP contribution in [0.15, 0.2) is 47.6 Å². The van der Waals surface area contributed by atoms with Gasteiger partial charge < -0.3 is 9.64 Å². The first kappa shape index (κ1) is 23.1. The second-order valence-electron chi connectivity index (χ2n) is 7.76. The fourth-order valence-electron chi connectivity index (χ4n) is 3.64. The molecule has 0 spiro atoms. The third kappa shape index (κ3) is 4.96. The van der Waals surface area contributed by atoms with Crippen LogP contribution >= 0.6 is 35.0 Å². The minimum Gasteiger partial charge on any atom is -0.378 e. The van der Waals surface area contributed by atoms with Crippen molar-refractivity contribution in [2.45, 2.75) is 24.9 Å². The molecular formula is C23H24Cl2N4O2S. The Bertz CT molecular complexity index is 1110. The van der Waals surface area contributed by atoms with E-state index in [-0.39, 0.29) is 17.6 Å². The molecule has 168 valence electrons. The minimum absolute atomic E-state index is 0.0658. The average Bonchev–Trinajstić information content (AvgIpc) is 3.21. The number of hydrogen-bond donors (Lipinski definition) is 0. The lowest BCUT2D eigenvalue weighted by molar-refractivity contribution is -0.132. The fourth-order valence-corrected chi connectivity index (χ4v) is 4.98. The molecule has 1 amide bonds. The van der Waals surface area contributed by atoms with E-state index in [2.05, 4.69) is 30.1 Å². The van der Waals surface area contributed by atoms with E-state index in [0.29, 0.717) is 47.3 Å². The number of carbonyl (C=O) groups excluding carboxylic acids is 1. The minimum atomic E-state index is 0.0658. The summed E-state index contributed by atoms with van der Waals surface area (Å²) in [6.45, 7) is 6.68. The first-order valence-corrected chi connectivity index (χ1v) is 12.2. The van der Waals surface area contributed by atoms with Crippen molar-refractivity contribution >= 4 is 40.9 Å². The summed E-state index contributed by atoms with van der Waals surface area (Å²) < 4.78 is 7.34. The Hall–Kier alpha value is -2.06. The zero-order chi connectivity index (χ0) is 22.7. The molecule has 2 heterocycles. The number of amides is 1. The number of carbonyl (C=O) groups is 1. The van der Waals surface area contributed by atoms with Crippen LogP contribution in [0.2, 0.25) is 10.0 Å². The fraction of sp³-hybridized carbons (Fsp3) is 0.348. The van der Waals surface area contributed by atoms with Gasteiger partial charge in [-0.25, -0.2) is 0 Å². The number of halogens is 2. The molecule has 1 fully saturated rings. The van der Waals surface area contributed by atoms with Crippen molar-refractivity contribution in [2.24, 2.45) is 0 Å². The van der Waals surface area contributed by atoms with E-state index in [1.54, 1.807) is 12.1 Å². The van der Waals surface area contributed by atoms with Crippen molar-refractivity contribution in [1.82, 2.24) is 19.7 Å². The maximum atomic E-state index is 12.7. The largest absolute Gasteiger partial charge is 0.378 e. The van der Waals surface area contributed by atoms with Gasteiger partial charge in [0.1, 0.15) is 0 Å². The molecule has 6 nitrogen and oxygen atoms in total. The summed E-state index contributed by atoms with van der Waals surface area (Å²) in [5, 5.41) is 10.6. The first-order valence-electron chi connectivity index (χ1n) is 10.4. The van der Waals surface area contributed by atoms with Gasteiger partial charge in [-0.3, -0.25) is 9.36 Å². The number of aromatic nitrogens is 3. The molecule has 32 heavy (non-hydrogen) atoms. The second-order valence-corrected chi connectivity index (χ2v) is 9.55. The normalized spacial score (nSPS) is 14.2. The monoisotopic (exact) mass is 490 g/mol. The highest BCUT2D eigenvalue weighted by atomic mass is 35.5. The molecular weight excluding hydrogens is 467 g/mol. The lowest BCUT2D eigenvalue weighted by Gasteiger charge is -2.26. The number of morpholine rings is 1. The third-order valence-electron chi connectivity index (χ3n) is 5.29. The number of benzene rings is 2. The van der Waals surface area contributed by atoms with Gasteiger partial charge in [-0.1, -0.05) is 67.0 Å². The number of nitrogens with zero attached hydrogens (tertiary/aromatic N) is 4. The van der Waals surface area contributed by atoms with Gasteiger partial charge in [0, 0.05) is 23.7 Å². The molecule has 1 aliphatic rings. The molecule has 0 bridgehead atoms. The lowest BCUT2D eigenvalue weighted by Crippen LogP contribution is -2.41. The van der Waals surface area contributed by atoms with Crippen LogP contribution in [0.5, 0.6) is 0 Å². The van der Waals surface area contributed by atoms with Crippen molar-refractivity contribution in [3.05, 3.63) is 58.1 Å². The molecule has 1 saturated heterocycles. The molecule has 2 aromatic carbocycles. The van der Waals surface area contributed by atoms with E-state index in [0.717, 1.165) is 16.8 Å². The van der Waals surface area contributed by atoms with Crippen LogP contribution in [0.1, 0.15) is 25.3 Å². The zero-order valence-corrected chi connectivity index (χ0v) is 20.3. The van der Waals surface area contributed by atoms with Crippen LogP contribution in [0.4, 0.5) is 0 Å². The van der Waals surface area contributed by atoms with E-state index in [1.807, 2.05) is 33.7 Å². The molecule has 0 saturated carbocycles. The summed E-state index contributed by atoms with van der Waals surface area (Å²) in [5.41, 5.74) is 2.85. The Morgan fingerprint density at radius 3 is 2.59 bits per heavy atom. The van der Waals surface area contributed by atoms with E-state index in [9.17, 15) is 4.79 Å². The summed E-state index contributed by atoms with van der Waals surface area (Å²) in [4.78, 5) is 14.5. The van der Waals surface area contributed by atoms with Gasteiger partial charge in [-0.15, -0.1) is 10.2 Å². The highest BCUT2D eigenvalue weighted by Crippen LogP contribution is 2.35. The topological polar surface area (TPSA) is 60.2 Å². The zero-order valence-electron chi connectivity index (χ0n) is 17.9. The molecule has 0 N–H and O–H groups in total. The van der Waals surface area contributed by atoms with Gasteiger partial charge >= 0.3 is 0 Å². The van der Waals surface area contributed by atoms with Crippen molar-refractivity contribution < 1.29 is 9.53 Å². The summed E-state index contributed by atoms with van der Waals surface area (Å²) >= 11 is 14.0. The predicted molar refractivity (Wildman–Crippen MR) is 129 cm³/mol. The third-order valence-corrected chi connectivity index (χ3v) is 6.76. The lowest BCUT2D eigenvalue weighted by atomic mass is 10.0. The second kappa shape index (κ2) is 10.3. The van der Waals surface area contributed by atoms with Gasteiger partial charge in [0.2, 0.25) is 5.91 Å². The van der Waals surface area contributed by atoms with Crippen LogP contribution in [-0.2, 0) is 9.53 Å². The van der Waals surface area contributed by atoms with Crippen LogP contribution in [-0.4, -0.2) is 57.6 Å². The Morgan fingerprint density at radius 1 is 1.12 bits per heavy atom. The highest BCUT2D eigenvalue weighted by molar-refractivity contribution is 7.99. The van der Waals surface area contributed by atoms with Crippen LogP contribution in [0.25, 0.3) is 17.1 Å². The number of hydrogen-bond acceptors (Lipinski definition) is 5. The van der Waals surface area contributed by atoms with E-state index in [4.69, 9.17) is 27.9 Å². The summed E-state index contributed by atoms with van der Waals surface area (Å²) in [7, 11) is 0. The number of para-hydroxylation sites is 1. The van der Waals surface area contributed by atoms with Gasteiger partial charge in [0.15, 0.2) is 11.0 Å². The number of rotatable bonds is 6. The molecule has 9 heteroatoms. The van der Waals surface area contributed by atoms with E-state index in [1.165, 1.54) is 11.8 Å². The van der Waals surface area contributed by atoms with Crippen molar-refractivity contribution in [3.63, 3.8) is 0 Å². The Morgan fingerprint density at radius 2 is 1.88 bits per heavy atom. The summed E-state index contributed by atoms with van der Waals surface area (Å²) in [5.74, 6) is 1.24. The van der Waals surface area contributed by atoms with E-state index >= 15 is 0 Å². The first-order chi connectivity index (χ1) is 15.5. The molecule has 3 aromatic rings. The van der Waals surface area contributed by atoms with Crippen molar-refractivity contribution in [3.8, 4) is 17.1 Å². The smallest absolute Gasteiger partial charge is 0.233 e. The molecule has 4 rings (SSSR count). The Balaban J connectivity index is 1.74.